The molecule has 0 unspecified atom stereocenters. The number of hydrogen-bond donors (Lipinski definition) is 2. The Morgan fingerprint density at radius 1 is 1.80 bits per heavy atom. The maximum absolute atomic E-state index is 10.4. The standard InChI is InChI=1S/C6H12N2O2/c1-2-3-4-10-5-6(9)8-7/h2-3H,4-5,7H2,1H3,(H,8,9). The van der Waals surface area contributed by atoms with Gasteiger partial charge in [-0.25, -0.2) is 5.84 Å². The van der Waals surface area contributed by atoms with Crippen LogP contribution in [-0.2, 0) is 9.53 Å². The summed E-state index contributed by atoms with van der Waals surface area (Å²) in [5.74, 6) is 4.47. The van der Waals surface area contributed by atoms with Gasteiger partial charge in [-0.05, 0) is 6.92 Å². The van der Waals surface area contributed by atoms with Gasteiger partial charge in [-0.15, -0.1) is 0 Å². The number of rotatable bonds is 4. The lowest BCUT2D eigenvalue weighted by molar-refractivity contribution is -0.125. The Hall–Kier alpha value is -0.870. The van der Waals surface area contributed by atoms with E-state index in [4.69, 9.17) is 10.6 Å². The minimum absolute atomic E-state index is 0.0147. The summed E-state index contributed by atoms with van der Waals surface area (Å²) < 4.78 is 4.85. The van der Waals surface area contributed by atoms with Gasteiger partial charge in [-0.1, -0.05) is 12.2 Å². The molecule has 0 radical (unpaired) electrons. The van der Waals surface area contributed by atoms with Gasteiger partial charge in [0.05, 0.1) is 6.61 Å². The van der Waals surface area contributed by atoms with Crippen molar-refractivity contribution in [2.75, 3.05) is 13.2 Å². The van der Waals surface area contributed by atoms with Gasteiger partial charge in [-0.3, -0.25) is 10.2 Å². The zero-order chi connectivity index (χ0) is 7.82. The van der Waals surface area contributed by atoms with Crippen LogP contribution in [0.5, 0.6) is 0 Å². The number of nitrogens with one attached hydrogen (secondary N) is 1. The van der Waals surface area contributed by atoms with Crippen LogP contribution in [-0.4, -0.2) is 19.1 Å². The number of nitrogens with two attached hydrogens (primary N) is 1. The quantitative estimate of drug-likeness (QED) is 0.185. The van der Waals surface area contributed by atoms with Crippen molar-refractivity contribution in [2.24, 2.45) is 5.84 Å². The Kier molecular flexibility index (Phi) is 5.71. The molecule has 0 fully saturated rings. The Morgan fingerprint density at radius 3 is 3.00 bits per heavy atom. The summed E-state index contributed by atoms with van der Waals surface area (Å²) in [4.78, 5) is 10.4. The molecule has 0 rings (SSSR count). The third-order valence-electron chi connectivity index (χ3n) is 0.844. The zero-order valence-corrected chi connectivity index (χ0v) is 5.96. The van der Waals surface area contributed by atoms with Crippen LogP contribution in [0, 0.1) is 0 Å². The number of allylic oxidation sites excluding steroid dienone is 1. The number of hydrazine groups is 1. The van der Waals surface area contributed by atoms with E-state index in [1.165, 1.54) is 0 Å². The molecule has 0 saturated heterocycles. The number of carbonyl (C=O) groups is 1. The van der Waals surface area contributed by atoms with Crippen LogP contribution in [0.25, 0.3) is 0 Å². The normalized spacial score (nSPS) is 10.2. The van der Waals surface area contributed by atoms with E-state index >= 15 is 0 Å². The van der Waals surface area contributed by atoms with E-state index in [1.54, 1.807) is 0 Å². The maximum Gasteiger partial charge on any atom is 0.259 e. The molecule has 0 spiro atoms. The molecule has 10 heavy (non-hydrogen) atoms. The van der Waals surface area contributed by atoms with Crippen molar-refractivity contribution in [3.63, 3.8) is 0 Å². The van der Waals surface area contributed by atoms with Crippen molar-refractivity contribution in [3.8, 4) is 0 Å². The number of carbonyl (C=O) groups excluding carboxylic acids is 1. The van der Waals surface area contributed by atoms with Crippen molar-refractivity contribution in [3.05, 3.63) is 12.2 Å². The van der Waals surface area contributed by atoms with E-state index in [1.807, 2.05) is 24.5 Å². The monoisotopic (exact) mass is 144 g/mol. The van der Waals surface area contributed by atoms with Crippen molar-refractivity contribution < 1.29 is 9.53 Å². The summed E-state index contributed by atoms with van der Waals surface area (Å²) in [6.45, 7) is 2.34. The molecule has 3 N–H and O–H groups in total. The third kappa shape index (κ3) is 5.27. The Balaban J connectivity index is 3.11. The van der Waals surface area contributed by atoms with Crippen LogP contribution >= 0.6 is 0 Å². The number of ether oxygens (including phenoxy) is 1. The van der Waals surface area contributed by atoms with Gasteiger partial charge >= 0.3 is 0 Å². The van der Waals surface area contributed by atoms with Gasteiger partial charge in [0.2, 0.25) is 0 Å². The minimum Gasteiger partial charge on any atom is -0.368 e. The highest BCUT2D eigenvalue weighted by Gasteiger charge is 1.93. The second-order valence-electron chi connectivity index (χ2n) is 1.65. The molecule has 1 amide bonds. The van der Waals surface area contributed by atoms with Crippen LogP contribution in [0.4, 0.5) is 0 Å². The number of hydrogen-bond acceptors (Lipinski definition) is 3. The minimum atomic E-state index is -0.315. The zero-order valence-electron chi connectivity index (χ0n) is 5.96. The second kappa shape index (κ2) is 6.25. The van der Waals surface area contributed by atoms with Crippen LogP contribution in [0.2, 0.25) is 0 Å². The molecular formula is C6H12N2O2. The molecule has 0 aliphatic rings. The predicted molar refractivity (Wildman–Crippen MR) is 38.0 cm³/mol. The van der Waals surface area contributed by atoms with Gasteiger partial charge in [0.25, 0.3) is 5.91 Å². The third-order valence-corrected chi connectivity index (χ3v) is 0.844. The van der Waals surface area contributed by atoms with E-state index in [0.29, 0.717) is 6.61 Å². The van der Waals surface area contributed by atoms with E-state index in [9.17, 15) is 4.79 Å². The highest BCUT2D eigenvalue weighted by Crippen LogP contribution is 1.76. The lowest BCUT2D eigenvalue weighted by atomic mass is 10.5. The summed E-state index contributed by atoms with van der Waals surface area (Å²) in [5, 5.41) is 0. The highest BCUT2D eigenvalue weighted by molar-refractivity contribution is 5.76. The fourth-order valence-corrected chi connectivity index (χ4v) is 0.358. The average Bonchev–Trinajstić information content (AvgIpc) is 1.98. The van der Waals surface area contributed by atoms with Gasteiger partial charge in [0.1, 0.15) is 6.61 Å². The molecule has 0 heterocycles. The maximum atomic E-state index is 10.4. The summed E-state index contributed by atoms with van der Waals surface area (Å²) in [6.07, 6.45) is 3.66. The van der Waals surface area contributed by atoms with E-state index < -0.39 is 0 Å². The van der Waals surface area contributed by atoms with Gasteiger partial charge in [-0.2, -0.15) is 0 Å². The van der Waals surface area contributed by atoms with E-state index in [-0.39, 0.29) is 12.5 Å². The molecule has 0 bridgehead atoms. The largest absolute Gasteiger partial charge is 0.368 e. The Morgan fingerprint density at radius 2 is 2.50 bits per heavy atom. The lowest BCUT2D eigenvalue weighted by Crippen LogP contribution is -2.33. The first kappa shape index (κ1) is 9.13. The van der Waals surface area contributed by atoms with Crippen molar-refractivity contribution in [1.82, 2.24) is 5.43 Å². The van der Waals surface area contributed by atoms with Crippen LogP contribution in [0.15, 0.2) is 12.2 Å². The summed E-state index contributed by atoms with van der Waals surface area (Å²) in [7, 11) is 0. The molecule has 0 atom stereocenters. The molecule has 4 heteroatoms. The molecule has 0 aromatic carbocycles. The van der Waals surface area contributed by atoms with Crippen LogP contribution in [0.3, 0.4) is 0 Å². The first-order valence-electron chi connectivity index (χ1n) is 2.99. The summed E-state index contributed by atoms with van der Waals surface area (Å²) in [6, 6.07) is 0. The Labute approximate surface area is 60.0 Å². The van der Waals surface area contributed by atoms with Crippen LogP contribution < -0.4 is 11.3 Å². The van der Waals surface area contributed by atoms with Gasteiger partial charge < -0.3 is 4.74 Å². The predicted octanol–water partition coefficient (Wildman–Crippen LogP) is -0.431. The fourth-order valence-electron chi connectivity index (χ4n) is 0.358. The average molecular weight is 144 g/mol. The molecule has 58 valence electrons. The van der Waals surface area contributed by atoms with Crippen molar-refractivity contribution in [1.29, 1.82) is 0 Å². The summed E-state index contributed by atoms with van der Waals surface area (Å²) in [5.41, 5.74) is 1.95. The molecule has 0 saturated carbocycles. The molecule has 0 aromatic heterocycles. The van der Waals surface area contributed by atoms with Gasteiger partial charge in [0, 0.05) is 0 Å². The molecule has 4 nitrogen and oxygen atoms in total. The smallest absolute Gasteiger partial charge is 0.259 e. The van der Waals surface area contributed by atoms with Gasteiger partial charge in [0.15, 0.2) is 0 Å². The van der Waals surface area contributed by atoms with E-state index in [0.717, 1.165) is 0 Å². The second-order valence-corrected chi connectivity index (χ2v) is 1.65. The first-order chi connectivity index (χ1) is 4.81. The van der Waals surface area contributed by atoms with Crippen LogP contribution in [0.1, 0.15) is 6.92 Å². The molecule has 0 aliphatic heterocycles. The highest BCUT2D eigenvalue weighted by atomic mass is 16.5. The SMILES string of the molecule is CC=CCOCC(=O)NN. The topological polar surface area (TPSA) is 64.3 Å². The number of amides is 1. The Bertz CT molecular complexity index is 123. The summed E-state index contributed by atoms with van der Waals surface area (Å²) >= 11 is 0. The fraction of sp³-hybridized carbons (Fsp3) is 0.500. The first-order valence-corrected chi connectivity index (χ1v) is 2.99. The molecular weight excluding hydrogens is 132 g/mol. The molecule has 0 aliphatic carbocycles. The molecule has 0 aromatic rings. The van der Waals surface area contributed by atoms with E-state index in [2.05, 4.69) is 0 Å². The van der Waals surface area contributed by atoms with Crippen molar-refractivity contribution in [2.45, 2.75) is 6.92 Å². The lowest BCUT2D eigenvalue weighted by Gasteiger charge is -1.97. The van der Waals surface area contributed by atoms with Crippen molar-refractivity contribution >= 4 is 5.91 Å².